The summed E-state index contributed by atoms with van der Waals surface area (Å²) < 4.78 is 7.15. The molecule has 0 aliphatic rings. The van der Waals surface area contributed by atoms with Crippen LogP contribution >= 0.6 is 12.2 Å². The van der Waals surface area contributed by atoms with Crippen LogP contribution in [0.15, 0.2) is 41.5 Å². The molecule has 0 bridgehead atoms. The van der Waals surface area contributed by atoms with Crippen LogP contribution in [0, 0.1) is 6.92 Å². The summed E-state index contributed by atoms with van der Waals surface area (Å²) in [5.74, 6) is 0.746. The largest absolute Gasteiger partial charge is 0.492 e. The number of rotatable bonds is 6. The Morgan fingerprint density at radius 1 is 1.38 bits per heavy atom. The van der Waals surface area contributed by atoms with Crippen LogP contribution in [0.3, 0.4) is 0 Å². The summed E-state index contributed by atoms with van der Waals surface area (Å²) >= 11 is 4.87. The van der Waals surface area contributed by atoms with Crippen molar-refractivity contribution >= 4 is 17.2 Å². The Morgan fingerprint density at radius 3 is 2.76 bits per heavy atom. The second-order valence-electron chi connectivity index (χ2n) is 4.74. The molecule has 6 heteroatoms. The van der Waals surface area contributed by atoms with Gasteiger partial charge in [0.15, 0.2) is 0 Å². The molecule has 1 heterocycles. The lowest BCUT2D eigenvalue weighted by Crippen LogP contribution is -2.25. The number of ether oxygens (including phenoxy) is 1. The smallest absolute Gasteiger partial charge is 0.347 e. The summed E-state index contributed by atoms with van der Waals surface area (Å²) in [6, 6.07) is 7.58. The zero-order valence-corrected chi connectivity index (χ0v) is 12.6. The van der Waals surface area contributed by atoms with E-state index in [9.17, 15) is 4.79 Å². The molecule has 0 saturated carbocycles. The Hall–Kier alpha value is -2.21. The molecule has 0 spiro atoms. The Kier molecular flexibility index (Phi) is 5.05. The van der Waals surface area contributed by atoms with Gasteiger partial charge in [0.25, 0.3) is 0 Å². The summed E-state index contributed by atoms with van der Waals surface area (Å²) in [6.07, 6.45) is 3.91. The highest BCUT2D eigenvalue weighted by Crippen LogP contribution is 2.12. The quantitative estimate of drug-likeness (QED) is 0.818. The molecule has 2 rings (SSSR count). The van der Waals surface area contributed by atoms with Crippen LogP contribution < -0.4 is 16.2 Å². The summed E-state index contributed by atoms with van der Waals surface area (Å²) in [7, 11) is 0. The van der Waals surface area contributed by atoms with Crippen molar-refractivity contribution < 1.29 is 4.74 Å². The third kappa shape index (κ3) is 4.68. The molecule has 1 aromatic heterocycles. The summed E-state index contributed by atoms with van der Waals surface area (Å²) in [5.41, 5.74) is 7.22. The molecule has 21 heavy (non-hydrogen) atoms. The zero-order valence-electron chi connectivity index (χ0n) is 11.8. The average molecular weight is 303 g/mol. The van der Waals surface area contributed by atoms with E-state index in [2.05, 4.69) is 4.98 Å². The van der Waals surface area contributed by atoms with E-state index in [1.165, 1.54) is 4.57 Å². The lowest BCUT2D eigenvalue weighted by Gasteiger charge is -2.09. The van der Waals surface area contributed by atoms with Gasteiger partial charge in [-0.05, 0) is 30.2 Å². The fraction of sp³-hybridized carbons (Fsp3) is 0.267. The van der Waals surface area contributed by atoms with Gasteiger partial charge in [-0.2, -0.15) is 0 Å². The fourth-order valence-corrected chi connectivity index (χ4v) is 2.06. The van der Waals surface area contributed by atoms with E-state index in [0.717, 1.165) is 16.9 Å². The van der Waals surface area contributed by atoms with Crippen LogP contribution in [0.2, 0.25) is 0 Å². The number of nitrogens with zero attached hydrogens (tertiary/aromatic N) is 2. The Balaban J connectivity index is 1.90. The van der Waals surface area contributed by atoms with Crippen molar-refractivity contribution in [1.29, 1.82) is 0 Å². The zero-order chi connectivity index (χ0) is 15.2. The van der Waals surface area contributed by atoms with Gasteiger partial charge in [-0.1, -0.05) is 24.4 Å². The predicted octanol–water partition coefficient (Wildman–Crippen LogP) is 1.46. The van der Waals surface area contributed by atoms with E-state index in [1.807, 2.05) is 31.2 Å². The second kappa shape index (κ2) is 6.99. The van der Waals surface area contributed by atoms with Crippen LogP contribution in [-0.4, -0.2) is 21.1 Å². The van der Waals surface area contributed by atoms with Gasteiger partial charge in [-0.25, -0.2) is 9.78 Å². The number of hydrogen-bond donors (Lipinski definition) is 1. The number of aromatic nitrogens is 2. The Labute approximate surface area is 128 Å². The highest BCUT2D eigenvalue weighted by Gasteiger charge is 2.00. The molecule has 0 aliphatic carbocycles. The molecule has 0 atom stereocenters. The van der Waals surface area contributed by atoms with Gasteiger partial charge in [0.05, 0.1) is 11.5 Å². The normalized spacial score (nSPS) is 10.3. The molecule has 2 aromatic rings. The first-order valence-electron chi connectivity index (χ1n) is 6.58. The molecule has 0 radical (unpaired) electrons. The average Bonchev–Trinajstić information content (AvgIpc) is 2.44. The van der Waals surface area contributed by atoms with Crippen LogP contribution in [-0.2, 0) is 13.0 Å². The van der Waals surface area contributed by atoms with Gasteiger partial charge in [0.1, 0.15) is 12.4 Å². The Morgan fingerprint density at radius 2 is 2.10 bits per heavy atom. The highest BCUT2D eigenvalue weighted by molar-refractivity contribution is 7.80. The van der Waals surface area contributed by atoms with Gasteiger partial charge in [-0.3, -0.25) is 4.57 Å². The molecular formula is C15H17N3O2S. The number of hydrogen-bond acceptors (Lipinski definition) is 4. The number of nitrogens with two attached hydrogens (primary N) is 1. The second-order valence-corrected chi connectivity index (χ2v) is 5.27. The van der Waals surface area contributed by atoms with Crippen molar-refractivity contribution in [3.8, 4) is 5.75 Å². The molecule has 1 aromatic carbocycles. The van der Waals surface area contributed by atoms with E-state index in [0.29, 0.717) is 24.6 Å². The number of thiocarbonyl (C=S) groups is 1. The first-order chi connectivity index (χ1) is 10.0. The van der Waals surface area contributed by atoms with E-state index in [1.54, 1.807) is 12.4 Å². The van der Waals surface area contributed by atoms with Crippen LogP contribution in [0.25, 0.3) is 0 Å². The van der Waals surface area contributed by atoms with Crippen molar-refractivity contribution in [3.05, 3.63) is 58.3 Å². The lowest BCUT2D eigenvalue weighted by molar-refractivity contribution is 0.295. The first kappa shape index (κ1) is 15.2. The van der Waals surface area contributed by atoms with Gasteiger partial charge in [0.2, 0.25) is 0 Å². The molecular weight excluding hydrogens is 286 g/mol. The van der Waals surface area contributed by atoms with Crippen LogP contribution in [0.1, 0.15) is 11.1 Å². The molecule has 0 aliphatic heterocycles. The van der Waals surface area contributed by atoms with Gasteiger partial charge in [-0.15, -0.1) is 0 Å². The minimum absolute atomic E-state index is 0.268. The SMILES string of the molecule is Cc1cnc(=O)n(CCOc2ccc(CC(N)=S)cc2)c1. The summed E-state index contributed by atoms with van der Waals surface area (Å²) in [4.78, 5) is 15.8. The van der Waals surface area contributed by atoms with E-state index in [4.69, 9.17) is 22.7 Å². The number of benzene rings is 1. The van der Waals surface area contributed by atoms with E-state index < -0.39 is 0 Å². The predicted molar refractivity (Wildman–Crippen MR) is 85.7 cm³/mol. The van der Waals surface area contributed by atoms with Gasteiger partial charge < -0.3 is 10.5 Å². The summed E-state index contributed by atoms with van der Waals surface area (Å²) in [5, 5.41) is 0. The minimum Gasteiger partial charge on any atom is -0.492 e. The molecule has 0 fully saturated rings. The minimum atomic E-state index is -0.268. The standard InChI is InChI=1S/C15H17N3O2S/c1-11-9-17-15(19)18(10-11)6-7-20-13-4-2-12(3-5-13)8-14(16)21/h2-5,9-10H,6-8H2,1H3,(H2,16,21). The summed E-state index contributed by atoms with van der Waals surface area (Å²) in [6.45, 7) is 2.76. The highest BCUT2D eigenvalue weighted by atomic mass is 32.1. The fourth-order valence-electron chi connectivity index (χ4n) is 1.89. The molecule has 110 valence electrons. The van der Waals surface area contributed by atoms with E-state index >= 15 is 0 Å². The third-order valence-corrected chi connectivity index (χ3v) is 3.03. The molecule has 2 N–H and O–H groups in total. The van der Waals surface area contributed by atoms with E-state index in [-0.39, 0.29) is 5.69 Å². The Bertz CT molecular complexity index is 680. The maximum atomic E-state index is 11.5. The van der Waals surface area contributed by atoms with Crippen LogP contribution in [0.4, 0.5) is 0 Å². The molecule has 0 unspecified atom stereocenters. The van der Waals surface area contributed by atoms with Crippen molar-refractivity contribution in [1.82, 2.24) is 9.55 Å². The first-order valence-corrected chi connectivity index (χ1v) is 6.98. The molecule has 5 nitrogen and oxygen atoms in total. The number of aryl methyl sites for hydroxylation is 1. The van der Waals surface area contributed by atoms with Gasteiger partial charge >= 0.3 is 5.69 Å². The topological polar surface area (TPSA) is 70.1 Å². The van der Waals surface area contributed by atoms with Crippen molar-refractivity contribution in [2.75, 3.05) is 6.61 Å². The van der Waals surface area contributed by atoms with Crippen molar-refractivity contribution in [2.45, 2.75) is 19.9 Å². The van der Waals surface area contributed by atoms with Crippen LogP contribution in [0.5, 0.6) is 5.75 Å². The molecule has 0 amide bonds. The van der Waals surface area contributed by atoms with Gasteiger partial charge in [0, 0.05) is 18.8 Å². The molecule has 0 saturated heterocycles. The monoisotopic (exact) mass is 303 g/mol. The maximum Gasteiger partial charge on any atom is 0.347 e. The van der Waals surface area contributed by atoms with Crippen molar-refractivity contribution in [2.24, 2.45) is 5.73 Å². The third-order valence-electron chi connectivity index (χ3n) is 2.89. The van der Waals surface area contributed by atoms with Crippen molar-refractivity contribution in [3.63, 3.8) is 0 Å². The lowest BCUT2D eigenvalue weighted by atomic mass is 10.1. The maximum absolute atomic E-state index is 11.5.